The lowest BCUT2D eigenvalue weighted by Crippen LogP contribution is -2.25. The van der Waals surface area contributed by atoms with E-state index in [0.29, 0.717) is 0 Å². The third-order valence-electron chi connectivity index (χ3n) is 12.6. The highest BCUT2D eigenvalue weighted by Crippen LogP contribution is 2.48. The number of rotatable bonds is 3. The van der Waals surface area contributed by atoms with Crippen LogP contribution in [0.4, 0.5) is 0 Å². The van der Waals surface area contributed by atoms with Crippen molar-refractivity contribution >= 4 is 115 Å². The van der Waals surface area contributed by atoms with Crippen molar-refractivity contribution in [3.05, 3.63) is 193 Å². The lowest BCUT2D eigenvalue weighted by atomic mass is 9.87. The Morgan fingerprint density at radius 3 is 1.04 bits per heavy atom. The predicted octanol–water partition coefficient (Wildman–Crippen LogP) is 13.5. The summed E-state index contributed by atoms with van der Waals surface area (Å²) in [5, 5.41) is 21.7. The summed E-state index contributed by atoms with van der Waals surface area (Å²) in [5.74, 6) is 0. The average Bonchev–Trinajstić information content (AvgIpc) is 3.28. The molecule has 56 heavy (non-hydrogen) atoms. The van der Waals surface area contributed by atoms with Crippen molar-refractivity contribution in [2.24, 2.45) is 0 Å². The largest absolute Gasteiger partial charge is 0.309 e. The van der Waals surface area contributed by atoms with E-state index in [4.69, 9.17) is 0 Å². The number of benzene rings is 11. The Bertz CT molecular complexity index is 3340. The molecule has 0 atom stereocenters. The Balaban J connectivity index is 1.21. The Hall–Kier alpha value is -6.53. The maximum Gasteiger partial charge on any atom is 0.171 e. The van der Waals surface area contributed by atoms with Gasteiger partial charge in [-0.05, 0) is 128 Å². The fourth-order valence-electron chi connectivity index (χ4n) is 9.99. The van der Waals surface area contributed by atoms with Crippen LogP contribution in [0.2, 0.25) is 0 Å². The molecule has 1 aliphatic carbocycles. The zero-order chi connectivity index (χ0) is 37.0. The first-order valence-corrected chi connectivity index (χ1v) is 21.3. The summed E-state index contributed by atoms with van der Waals surface area (Å²) >= 11 is 0. The van der Waals surface area contributed by atoms with Crippen LogP contribution in [0.1, 0.15) is 17.5 Å². The SMILES string of the molecule is O=P(c1ccc2c3c(c4ccccc4c2c1)C=CCC3)(c1ccc2c3ccccc3c3ccccc3c2c1)c1ccc2c3ccccc3c3ccccc3c2c1. The molecule has 0 radical (unpaired) electrons. The summed E-state index contributed by atoms with van der Waals surface area (Å²) in [6, 6.07) is 63.3. The van der Waals surface area contributed by atoms with Gasteiger partial charge in [0.1, 0.15) is 0 Å². The number of aryl methyl sites for hydroxylation is 1. The number of fused-ring (bicyclic) bond motifs is 18. The fraction of sp³-hybridized carbons (Fsp3) is 0.0370. The zero-order valence-electron chi connectivity index (χ0n) is 30.7. The Kier molecular flexibility index (Phi) is 6.80. The molecule has 0 N–H and O–H groups in total. The van der Waals surface area contributed by atoms with Crippen LogP contribution in [-0.4, -0.2) is 0 Å². The van der Waals surface area contributed by atoms with Crippen molar-refractivity contribution in [1.29, 1.82) is 0 Å². The van der Waals surface area contributed by atoms with Gasteiger partial charge in [-0.3, -0.25) is 0 Å². The molecule has 11 aromatic carbocycles. The van der Waals surface area contributed by atoms with Crippen LogP contribution in [0.15, 0.2) is 182 Å². The van der Waals surface area contributed by atoms with Crippen LogP contribution < -0.4 is 15.9 Å². The van der Waals surface area contributed by atoms with E-state index < -0.39 is 7.14 Å². The summed E-state index contributed by atoms with van der Waals surface area (Å²) < 4.78 is 17.0. The summed E-state index contributed by atoms with van der Waals surface area (Å²) in [6.07, 6.45) is 6.62. The van der Waals surface area contributed by atoms with E-state index in [2.05, 4.69) is 188 Å². The second-order valence-corrected chi connectivity index (χ2v) is 18.1. The standard InChI is InChI=1S/C54H35OP/c55-56(34-25-28-49-43-19-4-1-13-37(43)40-16-7-10-22-46(40)52(49)31-34,35-26-29-50-44-20-5-2-14-38(44)41-17-8-11-23-47(41)53(50)32-35)36-27-30-51-45-21-6-3-15-39(45)42-18-9-12-24-48(42)54(51)33-36/h1-5,7-20,22-33H,6,21H2. The van der Waals surface area contributed by atoms with Crippen LogP contribution in [0.5, 0.6) is 0 Å². The van der Waals surface area contributed by atoms with Gasteiger partial charge in [0.25, 0.3) is 0 Å². The molecule has 0 bridgehead atoms. The molecule has 0 aliphatic heterocycles. The minimum absolute atomic E-state index is 0.847. The van der Waals surface area contributed by atoms with E-state index >= 15 is 4.57 Å². The maximum atomic E-state index is 17.0. The predicted molar refractivity (Wildman–Crippen MR) is 243 cm³/mol. The topological polar surface area (TPSA) is 17.1 Å². The first-order chi connectivity index (χ1) is 27.7. The van der Waals surface area contributed by atoms with Gasteiger partial charge in [-0.25, -0.2) is 0 Å². The second-order valence-electron chi connectivity index (χ2n) is 15.4. The van der Waals surface area contributed by atoms with Gasteiger partial charge in [-0.15, -0.1) is 0 Å². The summed E-state index contributed by atoms with van der Waals surface area (Å²) in [5.41, 5.74) is 2.70. The van der Waals surface area contributed by atoms with Gasteiger partial charge in [-0.1, -0.05) is 170 Å². The van der Waals surface area contributed by atoms with Crippen LogP contribution in [0.25, 0.3) is 92.3 Å². The van der Waals surface area contributed by atoms with Crippen LogP contribution in [-0.2, 0) is 11.0 Å². The lowest BCUT2D eigenvalue weighted by Gasteiger charge is -2.24. The number of allylic oxidation sites excluding steroid dienone is 1. The highest BCUT2D eigenvalue weighted by atomic mass is 31.2. The van der Waals surface area contributed by atoms with E-state index in [1.165, 1.54) is 86.5 Å². The van der Waals surface area contributed by atoms with E-state index in [1.54, 1.807) is 0 Å². The van der Waals surface area contributed by atoms with E-state index in [1.807, 2.05) is 0 Å². The molecular weight excluding hydrogens is 696 g/mol. The molecule has 262 valence electrons. The molecule has 0 saturated heterocycles. The maximum absolute atomic E-state index is 17.0. The van der Waals surface area contributed by atoms with Crippen molar-refractivity contribution < 1.29 is 4.57 Å². The molecule has 0 saturated carbocycles. The zero-order valence-corrected chi connectivity index (χ0v) is 31.6. The van der Waals surface area contributed by atoms with Crippen molar-refractivity contribution in [3.8, 4) is 0 Å². The van der Waals surface area contributed by atoms with E-state index in [0.717, 1.165) is 39.5 Å². The van der Waals surface area contributed by atoms with E-state index in [9.17, 15) is 0 Å². The van der Waals surface area contributed by atoms with Crippen molar-refractivity contribution in [3.63, 3.8) is 0 Å². The molecule has 0 amide bonds. The smallest absolute Gasteiger partial charge is 0.171 e. The molecule has 1 nitrogen and oxygen atoms in total. The molecule has 2 heteroatoms. The molecule has 0 spiro atoms. The lowest BCUT2D eigenvalue weighted by molar-refractivity contribution is 0.592. The third-order valence-corrected chi connectivity index (χ3v) is 15.6. The average molecular weight is 731 g/mol. The molecular formula is C54H35OP. The van der Waals surface area contributed by atoms with E-state index in [-0.39, 0.29) is 0 Å². The highest BCUT2D eigenvalue weighted by molar-refractivity contribution is 7.85. The molecule has 11 aromatic rings. The minimum atomic E-state index is -3.49. The van der Waals surface area contributed by atoms with Gasteiger partial charge in [0.15, 0.2) is 7.14 Å². The van der Waals surface area contributed by atoms with Gasteiger partial charge < -0.3 is 4.57 Å². The third kappa shape index (κ3) is 4.41. The van der Waals surface area contributed by atoms with Crippen molar-refractivity contribution in [1.82, 2.24) is 0 Å². The number of hydrogen-bond donors (Lipinski definition) is 0. The highest BCUT2D eigenvalue weighted by Gasteiger charge is 2.32. The monoisotopic (exact) mass is 730 g/mol. The Morgan fingerprint density at radius 1 is 0.321 bits per heavy atom. The molecule has 0 fully saturated rings. The normalized spacial score (nSPS) is 13.2. The molecule has 0 aromatic heterocycles. The Morgan fingerprint density at radius 2 is 0.625 bits per heavy atom. The first kappa shape index (κ1) is 31.8. The quantitative estimate of drug-likeness (QED) is 0.131. The minimum Gasteiger partial charge on any atom is -0.309 e. The molecule has 12 rings (SSSR count). The fourth-order valence-corrected chi connectivity index (χ4v) is 12.7. The van der Waals surface area contributed by atoms with Crippen LogP contribution in [0, 0.1) is 0 Å². The molecule has 1 aliphatic rings. The van der Waals surface area contributed by atoms with Gasteiger partial charge in [0, 0.05) is 15.9 Å². The van der Waals surface area contributed by atoms with Gasteiger partial charge in [-0.2, -0.15) is 0 Å². The van der Waals surface area contributed by atoms with Crippen LogP contribution >= 0.6 is 7.14 Å². The van der Waals surface area contributed by atoms with Gasteiger partial charge in [0.05, 0.1) is 0 Å². The summed E-state index contributed by atoms with van der Waals surface area (Å²) in [4.78, 5) is 0. The molecule has 0 heterocycles. The summed E-state index contributed by atoms with van der Waals surface area (Å²) in [6.45, 7) is 0. The molecule has 0 unspecified atom stereocenters. The van der Waals surface area contributed by atoms with Gasteiger partial charge >= 0.3 is 0 Å². The van der Waals surface area contributed by atoms with Gasteiger partial charge in [0.2, 0.25) is 0 Å². The second kappa shape index (κ2) is 12.0. The Labute approximate surface area is 324 Å². The number of hydrogen-bond acceptors (Lipinski definition) is 1. The summed E-state index contributed by atoms with van der Waals surface area (Å²) in [7, 11) is -3.49. The first-order valence-electron chi connectivity index (χ1n) is 19.6. The van der Waals surface area contributed by atoms with Crippen LogP contribution in [0.3, 0.4) is 0 Å². The van der Waals surface area contributed by atoms with Crippen molar-refractivity contribution in [2.45, 2.75) is 12.8 Å². The van der Waals surface area contributed by atoms with Crippen molar-refractivity contribution in [2.75, 3.05) is 0 Å².